The molecule has 5 heteroatoms. The zero-order valence-corrected chi connectivity index (χ0v) is 11.9. The van der Waals surface area contributed by atoms with E-state index in [0.29, 0.717) is 6.54 Å². The summed E-state index contributed by atoms with van der Waals surface area (Å²) in [6.07, 6.45) is 2.27. The Bertz CT molecular complexity index is 432. The molecule has 0 unspecified atom stereocenters. The SMILES string of the molecule is CN(CCCNc1ccccc1)CCS(C)(=O)=O. The van der Waals surface area contributed by atoms with Crippen molar-refractivity contribution in [3.8, 4) is 0 Å². The minimum absolute atomic E-state index is 0.232. The van der Waals surface area contributed by atoms with E-state index in [1.54, 1.807) is 0 Å². The second-order valence-electron chi connectivity index (χ2n) is 4.58. The minimum Gasteiger partial charge on any atom is -0.385 e. The van der Waals surface area contributed by atoms with Crippen LogP contribution in [0.5, 0.6) is 0 Å². The van der Waals surface area contributed by atoms with Crippen LogP contribution in [-0.2, 0) is 9.84 Å². The van der Waals surface area contributed by atoms with Crippen LogP contribution in [0.1, 0.15) is 6.42 Å². The highest BCUT2D eigenvalue weighted by Crippen LogP contribution is 2.04. The molecule has 0 bridgehead atoms. The predicted molar refractivity (Wildman–Crippen MR) is 76.8 cm³/mol. The second kappa shape index (κ2) is 7.38. The molecule has 0 radical (unpaired) electrons. The monoisotopic (exact) mass is 270 g/mol. The molecule has 0 saturated heterocycles. The van der Waals surface area contributed by atoms with E-state index >= 15 is 0 Å². The van der Waals surface area contributed by atoms with Gasteiger partial charge >= 0.3 is 0 Å². The van der Waals surface area contributed by atoms with Gasteiger partial charge in [0, 0.05) is 25.0 Å². The van der Waals surface area contributed by atoms with Crippen LogP contribution in [0.25, 0.3) is 0 Å². The standard InChI is InChI=1S/C13H22N2O2S/c1-15(11-12-18(2,16)17)10-6-9-14-13-7-4-3-5-8-13/h3-5,7-8,14H,6,9-12H2,1-2H3. The molecule has 0 amide bonds. The number of rotatable bonds is 8. The largest absolute Gasteiger partial charge is 0.385 e. The summed E-state index contributed by atoms with van der Waals surface area (Å²) < 4.78 is 22.0. The fourth-order valence-electron chi connectivity index (χ4n) is 1.57. The molecule has 0 spiro atoms. The Kier molecular flexibility index (Phi) is 6.15. The number of nitrogens with one attached hydrogen (secondary N) is 1. The fourth-order valence-corrected chi connectivity index (χ4v) is 2.21. The third-order valence-corrected chi connectivity index (χ3v) is 3.59. The van der Waals surface area contributed by atoms with Crippen LogP contribution in [0.15, 0.2) is 30.3 Å². The van der Waals surface area contributed by atoms with Crippen molar-refractivity contribution >= 4 is 15.5 Å². The maximum absolute atomic E-state index is 11.0. The van der Waals surface area contributed by atoms with Crippen molar-refractivity contribution in [1.82, 2.24) is 4.90 Å². The van der Waals surface area contributed by atoms with Gasteiger partial charge in [-0.05, 0) is 32.1 Å². The average molecular weight is 270 g/mol. The Morgan fingerprint density at radius 3 is 2.44 bits per heavy atom. The quantitative estimate of drug-likeness (QED) is 0.727. The number of benzene rings is 1. The third-order valence-electron chi connectivity index (χ3n) is 2.66. The summed E-state index contributed by atoms with van der Waals surface area (Å²) in [6.45, 7) is 2.40. The van der Waals surface area contributed by atoms with E-state index in [-0.39, 0.29) is 5.75 Å². The molecule has 18 heavy (non-hydrogen) atoms. The molecule has 0 saturated carbocycles. The molecule has 1 aromatic carbocycles. The summed E-state index contributed by atoms with van der Waals surface area (Å²) in [5.41, 5.74) is 1.12. The van der Waals surface area contributed by atoms with E-state index in [9.17, 15) is 8.42 Å². The van der Waals surface area contributed by atoms with Crippen molar-refractivity contribution in [2.24, 2.45) is 0 Å². The molecule has 0 aliphatic rings. The average Bonchev–Trinajstić information content (AvgIpc) is 2.33. The van der Waals surface area contributed by atoms with Crippen LogP contribution in [0.4, 0.5) is 5.69 Å². The van der Waals surface area contributed by atoms with Gasteiger partial charge in [0.2, 0.25) is 0 Å². The third kappa shape index (κ3) is 7.29. The van der Waals surface area contributed by atoms with Crippen molar-refractivity contribution < 1.29 is 8.42 Å². The number of nitrogens with zero attached hydrogens (tertiary/aromatic N) is 1. The highest BCUT2D eigenvalue weighted by Gasteiger charge is 2.04. The Hall–Kier alpha value is -1.07. The smallest absolute Gasteiger partial charge is 0.148 e. The van der Waals surface area contributed by atoms with Crippen LogP contribution >= 0.6 is 0 Å². The molecule has 0 heterocycles. The van der Waals surface area contributed by atoms with E-state index < -0.39 is 9.84 Å². The molecular formula is C13H22N2O2S. The summed E-state index contributed by atoms with van der Waals surface area (Å²) in [6, 6.07) is 10.1. The maximum atomic E-state index is 11.0. The Morgan fingerprint density at radius 2 is 1.83 bits per heavy atom. The molecule has 0 atom stereocenters. The van der Waals surface area contributed by atoms with Gasteiger partial charge in [0.15, 0.2) is 0 Å². The van der Waals surface area contributed by atoms with Crippen LogP contribution in [0.2, 0.25) is 0 Å². The van der Waals surface area contributed by atoms with Gasteiger partial charge in [0.1, 0.15) is 9.84 Å². The van der Waals surface area contributed by atoms with E-state index in [1.807, 2.05) is 42.3 Å². The van der Waals surface area contributed by atoms with Crippen LogP contribution in [0.3, 0.4) is 0 Å². The summed E-state index contributed by atoms with van der Waals surface area (Å²) >= 11 is 0. The minimum atomic E-state index is -2.85. The van der Waals surface area contributed by atoms with E-state index in [0.717, 1.165) is 25.2 Å². The van der Waals surface area contributed by atoms with Crippen LogP contribution < -0.4 is 5.32 Å². The van der Waals surface area contributed by atoms with Crippen LogP contribution in [-0.4, -0.2) is 52.0 Å². The molecule has 1 aromatic rings. The van der Waals surface area contributed by atoms with Gasteiger partial charge in [-0.1, -0.05) is 18.2 Å². The molecule has 102 valence electrons. The highest BCUT2D eigenvalue weighted by atomic mass is 32.2. The maximum Gasteiger partial charge on any atom is 0.148 e. The summed E-state index contributed by atoms with van der Waals surface area (Å²) in [5, 5.41) is 3.33. The zero-order chi connectivity index (χ0) is 13.4. The lowest BCUT2D eigenvalue weighted by Crippen LogP contribution is -2.27. The van der Waals surface area contributed by atoms with Crippen molar-refractivity contribution in [3.05, 3.63) is 30.3 Å². The molecular weight excluding hydrogens is 248 g/mol. The molecule has 0 aromatic heterocycles. The molecule has 0 fully saturated rings. The van der Waals surface area contributed by atoms with Gasteiger partial charge in [-0.2, -0.15) is 0 Å². The molecule has 1 N–H and O–H groups in total. The number of hydrogen-bond acceptors (Lipinski definition) is 4. The number of sulfone groups is 1. The first-order valence-electron chi connectivity index (χ1n) is 6.12. The zero-order valence-electron chi connectivity index (χ0n) is 11.1. The second-order valence-corrected chi connectivity index (χ2v) is 6.84. The Labute approximate surface area is 110 Å². The van der Waals surface area contributed by atoms with Crippen molar-refractivity contribution in [2.75, 3.05) is 44.0 Å². The van der Waals surface area contributed by atoms with Gasteiger partial charge in [-0.15, -0.1) is 0 Å². The van der Waals surface area contributed by atoms with Gasteiger partial charge in [0.25, 0.3) is 0 Å². The van der Waals surface area contributed by atoms with Crippen LogP contribution in [0, 0.1) is 0 Å². The van der Waals surface area contributed by atoms with Crippen molar-refractivity contribution in [1.29, 1.82) is 0 Å². The first kappa shape index (κ1) is 15.0. The summed E-state index contributed by atoms with van der Waals surface area (Å²) in [5.74, 6) is 0.232. The van der Waals surface area contributed by atoms with E-state index in [2.05, 4.69) is 5.32 Å². The lowest BCUT2D eigenvalue weighted by atomic mass is 10.3. The fraction of sp³-hybridized carbons (Fsp3) is 0.538. The number of hydrogen-bond donors (Lipinski definition) is 1. The van der Waals surface area contributed by atoms with E-state index in [4.69, 9.17) is 0 Å². The summed E-state index contributed by atoms with van der Waals surface area (Å²) in [4.78, 5) is 2.05. The highest BCUT2D eigenvalue weighted by molar-refractivity contribution is 7.90. The summed E-state index contributed by atoms with van der Waals surface area (Å²) in [7, 11) is -0.898. The predicted octanol–water partition coefficient (Wildman–Crippen LogP) is 1.47. The molecule has 0 aliphatic carbocycles. The first-order chi connectivity index (χ1) is 8.47. The molecule has 4 nitrogen and oxygen atoms in total. The molecule has 0 aliphatic heterocycles. The van der Waals surface area contributed by atoms with E-state index in [1.165, 1.54) is 6.26 Å². The first-order valence-corrected chi connectivity index (χ1v) is 8.18. The number of anilines is 1. The molecule has 1 rings (SSSR count). The van der Waals surface area contributed by atoms with Gasteiger partial charge < -0.3 is 10.2 Å². The van der Waals surface area contributed by atoms with Gasteiger partial charge in [-0.25, -0.2) is 8.42 Å². The van der Waals surface area contributed by atoms with Crippen molar-refractivity contribution in [2.45, 2.75) is 6.42 Å². The van der Waals surface area contributed by atoms with Gasteiger partial charge in [-0.3, -0.25) is 0 Å². The Morgan fingerprint density at radius 1 is 1.17 bits per heavy atom. The Balaban J connectivity index is 2.11. The number of para-hydroxylation sites is 1. The van der Waals surface area contributed by atoms with Gasteiger partial charge in [0.05, 0.1) is 5.75 Å². The topological polar surface area (TPSA) is 49.4 Å². The lowest BCUT2D eigenvalue weighted by Gasteiger charge is -2.16. The lowest BCUT2D eigenvalue weighted by molar-refractivity contribution is 0.351. The van der Waals surface area contributed by atoms with Crippen molar-refractivity contribution in [3.63, 3.8) is 0 Å². The normalized spacial score (nSPS) is 11.7.